The van der Waals surface area contributed by atoms with E-state index in [-0.39, 0.29) is 5.91 Å². The Morgan fingerprint density at radius 1 is 1.41 bits per heavy atom. The third-order valence-electron chi connectivity index (χ3n) is 3.82. The van der Waals surface area contributed by atoms with Crippen molar-refractivity contribution in [3.05, 3.63) is 19.9 Å². The molecule has 2 fully saturated rings. The maximum Gasteiger partial charge on any atom is 0.255 e. The number of amides is 1. The summed E-state index contributed by atoms with van der Waals surface area (Å²) in [5.74, 6) is 0.212. The van der Waals surface area contributed by atoms with Crippen LogP contribution in [0.3, 0.4) is 0 Å². The third kappa shape index (κ3) is 2.13. The number of nitrogens with zero attached hydrogens (tertiary/aromatic N) is 1. The SMILES string of the molecule is NC1CC2CCC(C1)N2C(=O)c1csc(I)c1. The normalized spacial score (nSPS) is 31.9. The molecule has 5 heteroatoms. The molecular weight excluding hydrogens is 347 g/mol. The van der Waals surface area contributed by atoms with Crippen LogP contribution in [0.1, 0.15) is 36.0 Å². The molecule has 2 aliphatic heterocycles. The zero-order valence-electron chi connectivity index (χ0n) is 9.43. The van der Waals surface area contributed by atoms with Crippen LogP contribution < -0.4 is 5.73 Å². The van der Waals surface area contributed by atoms with Crippen molar-refractivity contribution in [1.29, 1.82) is 0 Å². The van der Waals surface area contributed by atoms with Crippen LogP contribution >= 0.6 is 33.9 Å². The van der Waals surface area contributed by atoms with Crippen LogP contribution in [-0.4, -0.2) is 28.9 Å². The Balaban J connectivity index is 1.83. The number of thiophene rings is 1. The zero-order valence-corrected chi connectivity index (χ0v) is 12.4. The summed E-state index contributed by atoms with van der Waals surface area (Å²) >= 11 is 3.90. The summed E-state index contributed by atoms with van der Waals surface area (Å²) < 4.78 is 1.17. The highest BCUT2D eigenvalue weighted by molar-refractivity contribution is 14.1. The lowest BCUT2D eigenvalue weighted by Crippen LogP contribution is -2.50. The van der Waals surface area contributed by atoms with Crippen molar-refractivity contribution in [3.8, 4) is 0 Å². The van der Waals surface area contributed by atoms with Gasteiger partial charge in [-0.2, -0.15) is 0 Å². The molecule has 0 saturated carbocycles. The highest BCUT2D eigenvalue weighted by Gasteiger charge is 2.42. The molecule has 2 saturated heterocycles. The molecule has 0 spiro atoms. The van der Waals surface area contributed by atoms with Gasteiger partial charge in [-0.3, -0.25) is 4.79 Å². The third-order valence-corrected chi connectivity index (χ3v) is 5.61. The van der Waals surface area contributed by atoms with Gasteiger partial charge in [0.15, 0.2) is 0 Å². The summed E-state index contributed by atoms with van der Waals surface area (Å²) in [7, 11) is 0. The largest absolute Gasteiger partial charge is 0.333 e. The number of carbonyl (C=O) groups excluding carboxylic acids is 1. The van der Waals surface area contributed by atoms with Crippen LogP contribution in [0.4, 0.5) is 0 Å². The average molecular weight is 362 g/mol. The Kier molecular flexibility index (Phi) is 3.16. The number of fused-ring (bicyclic) bond motifs is 2. The number of nitrogens with two attached hydrogens (primary N) is 1. The summed E-state index contributed by atoms with van der Waals surface area (Å²) in [6.07, 6.45) is 4.21. The highest BCUT2D eigenvalue weighted by Crippen LogP contribution is 2.36. The van der Waals surface area contributed by atoms with Gasteiger partial charge in [-0.25, -0.2) is 0 Å². The van der Waals surface area contributed by atoms with Gasteiger partial charge in [-0.1, -0.05) is 0 Å². The zero-order chi connectivity index (χ0) is 12.0. The fourth-order valence-corrected chi connectivity index (χ4v) is 4.44. The van der Waals surface area contributed by atoms with Crippen molar-refractivity contribution >= 4 is 39.8 Å². The summed E-state index contributed by atoms with van der Waals surface area (Å²) in [5.41, 5.74) is 6.88. The number of hydrogen-bond donors (Lipinski definition) is 1. The predicted molar refractivity (Wildman–Crippen MR) is 77.2 cm³/mol. The van der Waals surface area contributed by atoms with E-state index < -0.39 is 0 Å². The standard InChI is InChI=1S/C12H15IN2OS/c13-11-3-7(6-17-11)12(16)15-9-1-2-10(15)5-8(14)4-9/h3,6,8-10H,1-2,4-5,14H2. The molecule has 1 aromatic heterocycles. The fourth-order valence-electron chi connectivity index (χ4n) is 3.12. The second-order valence-electron chi connectivity index (χ2n) is 4.97. The maximum absolute atomic E-state index is 12.5. The molecule has 0 radical (unpaired) electrons. The van der Waals surface area contributed by atoms with Gasteiger partial charge < -0.3 is 10.6 Å². The Morgan fingerprint density at radius 3 is 2.59 bits per heavy atom. The van der Waals surface area contributed by atoms with Gasteiger partial charge in [-0.05, 0) is 54.3 Å². The van der Waals surface area contributed by atoms with E-state index in [0.29, 0.717) is 18.1 Å². The molecule has 3 rings (SSSR count). The van der Waals surface area contributed by atoms with Crippen LogP contribution in [0.25, 0.3) is 0 Å². The molecule has 1 aromatic rings. The van der Waals surface area contributed by atoms with E-state index in [1.807, 2.05) is 11.4 Å². The van der Waals surface area contributed by atoms with Gasteiger partial charge in [0.2, 0.25) is 0 Å². The molecule has 3 heterocycles. The predicted octanol–water partition coefficient (Wildman–Crippen LogP) is 2.45. The first kappa shape index (κ1) is 11.9. The van der Waals surface area contributed by atoms with Crippen LogP contribution in [-0.2, 0) is 0 Å². The summed E-state index contributed by atoms with van der Waals surface area (Å²) in [6, 6.07) is 3.04. The Bertz CT molecular complexity index is 433. The fraction of sp³-hybridized carbons (Fsp3) is 0.583. The summed E-state index contributed by atoms with van der Waals surface area (Å²) in [5, 5.41) is 1.97. The number of piperidine rings is 1. The molecule has 92 valence electrons. The smallest absolute Gasteiger partial charge is 0.255 e. The first-order valence-electron chi connectivity index (χ1n) is 5.97. The molecular formula is C12H15IN2OS. The van der Waals surface area contributed by atoms with Crippen molar-refractivity contribution in [1.82, 2.24) is 4.90 Å². The van der Waals surface area contributed by atoms with E-state index in [0.717, 1.165) is 31.2 Å². The molecule has 2 bridgehead atoms. The van der Waals surface area contributed by atoms with Crippen LogP contribution in [0, 0.1) is 2.88 Å². The molecule has 2 atom stereocenters. The van der Waals surface area contributed by atoms with Crippen LogP contribution in [0.15, 0.2) is 11.4 Å². The number of rotatable bonds is 1. The summed E-state index contributed by atoms with van der Waals surface area (Å²) in [4.78, 5) is 14.6. The lowest BCUT2D eigenvalue weighted by molar-refractivity contribution is 0.0575. The van der Waals surface area contributed by atoms with Crippen LogP contribution in [0.5, 0.6) is 0 Å². The lowest BCUT2D eigenvalue weighted by Gasteiger charge is -2.37. The topological polar surface area (TPSA) is 46.3 Å². The van der Waals surface area contributed by atoms with Crippen molar-refractivity contribution in [2.24, 2.45) is 5.73 Å². The number of carbonyl (C=O) groups is 1. The first-order valence-corrected chi connectivity index (χ1v) is 7.93. The monoisotopic (exact) mass is 362 g/mol. The second-order valence-corrected chi connectivity index (χ2v) is 7.77. The van der Waals surface area contributed by atoms with Crippen molar-refractivity contribution in [2.45, 2.75) is 43.8 Å². The molecule has 3 nitrogen and oxygen atoms in total. The van der Waals surface area contributed by atoms with Crippen molar-refractivity contribution in [3.63, 3.8) is 0 Å². The van der Waals surface area contributed by atoms with Gasteiger partial charge in [0, 0.05) is 23.5 Å². The Hall–Kier alpha value is -0.140. The van der Waals surface area contributed by atoms with Crippen molar-refractivity contribution < 1.29 is 4.79 Å². The van der Waals surface area contributed by atoms with E-state index in [1.54, 1.807) is 11.3 Å². The molecule has 17 heavy (non-hydrogen) atoms. The minimum atomic E-state index is 0.212. The number of halogens is 1. The van der Waals surface area contributed by atoms with Gasteiger partial charge in [0.1, 0.15) is 0 Å². The molecule has 2 N–H and O–H groups in total. The molecule has 0 aliphatic carbocycles. The van der Waals surface area contributed by atoms with E-state index in [2.05, 4.69) is 27.5 Å². The minimum Gasteiger partial charge on any atom is -0.333 e. The van der Waals surface area contributed by atoms with Crippen LogP contribution in [0.2, 0.25) is 0 Å². The molecule has 2 unspecified atom stereocenters. The molecule has 1 amide bonds. The average Bonchev–Trinajstić information content (AvgIpc) is 2.81. The Labute approximate surface area is 119 Å². The molecule has 0 aromatic carbocycles. The maximum atomic E-state index is 12.5. The van der Waals surface area contributed by atoms with E-state index >= 15 is 0 Å². The quantitative estimate of drug-likeness (QED) is 0.781. The van der Waals surface area contributed by atoms with Gasteiger partial charge in [0.25, 0.3) is 5.91 Å². The first-order chi connectivity index (χ1) is 8.15. The van der Waals surface area contributed by atoms with Gasteiger partial charge in [0.05, 0.1) is 8.45 Å². The lowest BCUT2D eigenvalue weighted by atomic mass is 9.97. The van der Waals surface area contributed by atoms with Gasteiger partial charge in [-0.15, -0.1) is 11.3 Å². The van der Waals surface area contributed by atoms with E-state index in [1.165, 1.54) is 2.88 Å². The van der Waals surface area contributed by atoms with Gasteiger partial charge >= 0.3 is 0 Å². The van der Waals surface area contributed by atoms with E-state index in [9.17, 15) is 4.79 Å². The van der Waals surface area contributed by atoms with Crippen molar-refractivity contribution in [2.75, 3.05) is 0 Å². The summed E-state index contributed by atoms with van der Waals surface area (Å²) in [6.45, 7) is 0. The minimum absolute atomic E-state index is 0.212. The number of hydrogen-bond acceptors (Lipinski definition) is 3. The second kappa shape index (κ2) is 4.51. The molecule has 2 aliphatic rings. The Morgan fingerprint density at radius 2 is 2.06 bits per heavy atom. The highest BCUT2D eigenvalue weighted by atomic mass is 127. The van der Waals surface area contributed by atoms with E-state index in [4.69, 9.17) is 5.73 Å².